The van der Waals surface area contributed by atoms with E-state index in [-0.39, 0.29) is 11.9 Å². The molecule has 0 aliphatic heterocycles. The van der Waals surface area contributed by atoms with Crippen LogP contribution in [0.4, 0.5) is 5.95 Å². The number of nitrogen functional groups attached to an aromatic ring is 1. The Kier molecular flexibility index (Phi) is 2.83. The maximum absolute atomic E-state index is 6.15. The third-order valence-corrected chi connectivity index (χ3v) is 3.42. The summed E-state index contributed by atoms with van der Waals surface area (Å²) < 4.78 is 0. The van der Waals surface area contributed by atoms with Crippen molar-refractivity contribution in [2.75, 3.05) is 5.73 Å². The molecule has 0 saturated carbocycles. The molecular formula is C13H12ClN5. The minimum Gasteiger partial charge on any atom is -0.368 e. The highest BCUT2D eigenvalue weighted by Gasteiger charge is 2.18. The standard InChI is InChI=1S/C13H12ClN5/c1-7(8-5-3-2-4-6-8)10-9-11(14)16-13(15)17-12(9)19-18-10/h2-7H,1H3,(H3,15,16,17,18,19). The van der Waals surface area contributed by atoms with Crippen LogP contribution in [0, 0.1) is 0 Å². The van der Waals surface area contributed by atoms with E-state index < -0.39 is 0 Å². The lowest BCUT2D eigenvalue weighted by atomic mass is 9.96. The van der Waals surface area contributed by atoms with E-state index in [0.717, 1.165) is 11.1 Å². The highest BCUT2D eigenvalue weighted by Crippen LogP contribution is 2.31. The Hall–Kier alpha value is -2.14. The van der Waals surface area contributed by atoms with Gasteiger partial charge in [-0.1, -0.05) is 48.9 Å². The molecule has 3 rings (SSSR count). The average Bonchev–Trinajstić information content (AvgIpc) is 2.83. The van der Waals surface area contributed by atoms with Crippen LogP contribution in [0.1, 0.15) is 24.1 Å². The summed E-state index contributed by atoms with van der Waals surface area (Å²) in [7, 11) is 0. The van der Waals surface area contributed by atoms with Crippen LogP contribution in [0.2, 0.25) is 5.15 Å². The molecule has 0 amide bonds. The highest BCUT2D eigenvalue weighted by atomic mass is 35.5. The van der Waals surface area contributed by atoms with E-state index in [1.807, 2.05) is 18.2 Å². The number of rotatable bonds is 2. The van der Waals surface area contributed by atoms with E-state index in [0.29, 0.717) is 10.8 Å². The first-order chi connectivity index (χ1) is 9.16. The molecule has 0 aliphatic rings. The van der Waals surface area contributed by atoms with Gasteiger partial charge in [-0.2, -0.15) is 10.1 Å². The number of fused-ring (bicyclic) bond motifs is 1. The molecule has 0 spiro atoms. The van der Waals surface area contributed by atoms with Gasteiger partial charge in [0.05, 0.1) is 11.1 Å². The van der Waals surface area contributed by atoms with Crippen molar-refractivity contribution in [1.82, 2.24) is 20.2 Å². The highest BCUT2D eigenvalue weighted by molar-refractivity contribution is 6.34. The second-order valence-corrected chi connectivity index (χ2v) is 4.70. The predicted octanol–water partition coefficient (Wildman–Crippen LogP) is 2.74. The van der Waals surface area contributed by atoms with Crippen molar-refractivity contribution in [2.45, 2.75) is 12.8 Å². The van der Waals surface area contributed by atoms with E-state index in [4.69, 9.17) is 17.3 Å². The number of hydrogen-bond donors (Lipinski definition) is 2. The van der Waals surface area contributed by atoms with E-state index in [1.54, 1.807) is 0 Å². The number of nitrogens with two attached hydrogens (primary N) is 1. The van der Waals surface area contributed by atoms with Crippen molar-refractivity contribution in [3.05, 3.63) is 46.7 Å². The SMILES string of the molecule is CC(c1ccccc1)c1[nH]nc2nc(N)nc(Cl)c12. The molecule has 0 bridgehead atoms. The molecule has 1 unspecified atom stereocenters. The van der Waals surface area contributed by atoms with Gasteiger partial charge in [0.15, 0.2) is 5.65 Å². The summed E-state index contributed by atoms with van der Waals surface area (Å²) in [6.45, 7) is 2.08. The summed E-state index contributed by atoms with van der Waals surface area (Å²) in [4.78, 5) is 8.06. The van der Waals surface area contributed by atoms with Crippen molar-refractivity contribution in [3.63, 3.8) is 0 Å². The maximum atomic E-state index is 6.15. The minimum atomic E-state index is 0.121. The monoisotopic (exact) mass is 273 g/mol. The van der Waals surface area contributed by atoms with Gasteiger partial charge in [-0.15, -0.1) is 0 Å². The Bertz CT molecular complexity index is 722. The summed E-state index contributed by atoms with van der Waals surface area (Å²) in [5, 5.41) is 8.19. The number of anilines is 1. The van der Waals surface area contributed by atoms with Crippen molar-refractivity contribution in [2.24, 2.45) is 0 Å². The van der Waals surface area contributed by atoms with Crippen LogP contribution in [0.5, 0.6) is 0 Å². The second-order valence-electron chi connectivity index (χ2n) is 4.34. The fourth-order valence-electron chi connectivity index (χ4n) is 2.14. The van der Waals surface area contributed by atoms with Crippen molar-refractivity contribution in [1.29, 1.82) is 0 Å². The van der Waals surface area contributed by atoms with E-state index in [2.05, 4.69) is 39.2 Å². The molecule has 3 N–H and O–H groups in total. The Labute approximate surface area is 114 Å². The van der Waals surface area contributed by atoms with Crippen molar-refractivity contribution in [3.8, 4) is 0 Å². The zero-order valence-electron chi connectivity index (χ0n) is 10.3. The summed E-state index contributed by atoms with van der Waals surface area (Å²) >= 11 is 6.15. The van der Waals surface area contributed by atoms with Crippen LogP contribution >= 0.6 is 11.6 Å². The van der Waals surface area contributed by atoms with Gasteiger partial charge < -0.3 is 5.73 Å². The summed E-state index contributed by atoms with van der Waals surface area (Å²) in [6.07, 6.45) is 0. The summed E-state index contributed by atoms with van der Waals surface area (Å²) in [6, 6.07) is 10.1. The lowest BCUT2D eigenvalue weighted by Crippen LogP contribution is -1.99. The van der Waals surface area contributed by atoms with Crippen LogP contribution in [0.25, 0.3) is 11.0 Å². The number of nitrogens with zero attached hydrogens (tertiary/aromatic N) is 3. The van der Waals surface area contributed by atoms with Gasteiger partial charge in [-0.25, -0.2) is 4.98 Å². The zero-order valence-corrected chi connectivity index (χ0v) is 11.0. The Morgan fingerprint density at radius 3 is 2.68 bits per heavy atom. The summed E-state index contributed by atoms with van der Waals surface area (Å²) in [5.74, 6) is 0.249. The molecule has 0 radical (unpaired) electrons. The molecule has 0 fully saturated rings. The number of halogens is 1. The predicted molar refractivity (Wildman–Crippen MR) is 75.1 cm³/mol. The van der Waals surface area contributed by atoms with Gasteiger partial charge in [0.2, 0.25) is 5.95 Å². The van der Waals surface area contributed by atoms with E-state index >= 15 is 0 Å². The molecule has 5 nitrogen and oxygen atoms in total. The molecule has 6 heteroatoms. The lowest BCUT2D eigenvalue weighted by molar-refractivity contribution is 0.861. The van der Waals surface area contributed by atoms with E-state index in [9.17, 15) is 0 Å². The number of H-pyrrole nitrogens is 1. The summed E-state index contributed by atoms with van der Waals surface area (Å²) in [5.41, 5.74) is 8.12. The van der Waals surface area contributed by atoms with E-state index in [1.165, 1.54) is 5.56 Å². The fourth-order valence-corrected chi connectivity index (χ4v) is 2.41. The topological polar surface area (TPSA) is 80.5 Å². The third kappa shape index (κ3) is 2.02. The quantitative estimate of drug-likeness (QED) is 0.704. The molecule has 1 atom stereocenters. The molecule has 3 aromatic rings. The van der Waals surface area contributed by atoms with Gasteiger partial charge >= 0.3 is 0 Å². The molecule has 96 valence electrons. The van der Waals surface area contributed by atoms with Crippen LogP contribution in [-0.4, -0.2) is 20.2 Å². The van der Waals surface area contributed by atoms with Gasteiger partial charge in [0, 0.05) is 5.92 Å². The molecular weight excluding hydrogens is 262 g/mol. The van der Waals surface area contributed by atoms with Crippen LogP contribution in [0.15, 0.2) is 30.3 Å². The first kappa shape index (κ1) is 11.9. The first-order valence-corrected chi connectivity index (χ1v) is 6.26. The molecule has 2 aromatic heterocycles. The number of benzene rings is 1. The van der Waals surface area contributed by atoms with Gasteiger partial charge in [0.1, 0.15) is 5.15 Å². The average molecular weight is 274 g/mol. The number of aromatic amines is 1. The number of aromatic nitrogens is 4. The van der Waals surface area contributed by atoms with Crippen LogP contribution < -0.4 is 5.73 Å². The van der Waals surface area contributed by atoms with Crippen LogP contribution in [0.3, 0.4) is 0 Å². The van der Waals surface area contributed by atoms with Crippen molar-refractivity contribution < 1.29 is 0 Å². The van der Waals surface area contributed by atoms with Gasteiger partial charge in [-0.05, 0) is 5.56 Å². The third-order valence-electron chi connectivity index (χ3n) is 3.15. The minimum absolute atomic E-state index is 0.121. The fraction of sp³-hybridized carbons (Fsp3) is 0.154. The largest absolute Gasteiger partial charge is 0.368 e. The van der Waals surface area contributed by atoms with Crippen molar-refractivity contribution >= 4 is 28.6 Å². The molecule has 1 aromatic carbocycles. The number of nitrogens with one attached hydrogen (secondary N) is 1. The Balaban J connectivity index is 2.16. The molecule has 0 aliphatic carbocycles. The van der Waals surface area contributed by atoms with Gasteiger partial charge in [-0.3, -0.25) is 5.10 Å². The zero-order chi connectivity index (χ0) is 13.4. The Morgan fingerprint density at radius 1 is 1.21 bits per heavy atom. The molecule has 19 heavy (non-hydrogen) atoms. The first-order valence-electron chi connectivity index (χ1n) is 5.88. The normalized spacial score (nSPS) is 12.7. The number of hydrogen-bond acceptors (Lipinski definition) is 4. The Morgan fingerprint density at radius 2 is 1.95 bits per heavy atom. The van der Waals surface area contributed by atoms with Gasteiger partial charge in [0.25, 0.3) is 0 Å². The lowest BCUT2D eigenvalue weighted by Gasteiger charge is -2.10. The maximum Gasteiger partial charge on any atom is 0.223 e. The van der Waals surface area contributed by atoms with Crippen LogP contribution in [-0.2, 0) is 0 Å². The molecule has 2 heterocycles. The second kappa shape index (κ2) is 4.51. The smallest absolute Gasteiger partial charge is 0.223 e. The molecule has 0 saturated heterocycles.